The highest BCUT2D eigenvalue weighted by Crippen LogP contribution is 2.39. The molecule has 3 aromatic rings. The minimum Gasteiger partial charge on any atom is -0.493 e. The van der Waals surface area contributed by atoms with Crippen LogP contribution in [0.1, 0.15) is 22.8 Å². The Morgan fingerprint density at radius 1 is 1.03 bits per heavy atom. The van der Waals surface area contributed by atoms with Gasteiger partial charge in [0.05, 0.1) is 33.0 Å². The summed E-state index contributed by atoms with van der Waals surface area (Å²) in [5, 5.41) is 0. The third-order valence-corrected chi connectivity index (χ3v) is 6.06. The van der Waals surface area contributed by atoms with E-state index in [0.717, 1.165) is 23.5 Å². The molecule has 1 heterocycles. The number of ether oxygens (including phenoxy) is 4. The molecule has 35 heavy (non-hydrogen) atoms. The van der Waals surface area contributed by atoms with Crippen LogP contribution < -0.4 is 23.8 Å². The van der Waals surface area contributed by atoms with Gasteiger partial charge in [-0.3, -0.25) is 4.79 Å². The number of benzene rings is 3. The number of likely N-dealkylation sites (N-methyl/N-ethyl adjacent to an activating group) is 2. The van der Waals surface area contributed by atoms with E-state index in [4.69, 9.17) is 18.9 Å². The Bertz CT molecular complexity index is 1130. The highest BCUT2D eigenvalue weighted by atomic mass is 16.5. The highest BCUT2D eigenvalue weighted by molar-refractivity contribution is 5.95. The first-order valence-corrected chi connectivity index (χ1v) is 11.7. The van der Waals surface area contributed by atoms with E-state index in [9.17, 15) is 4.79 Å². The molecule has 1 atom stereocenters. The topological polar surface area (TPSA) is 60.5 Å². The number of methoxy groups -OCH3 is 2. The highest BCUT2D eigenvalue weighted by Gasteiger charge is 2.28. The second-order valence-electron chi connectivity index (χ2n) is 8.42. The van der Waals surface area contributed by atoms with Crippen molar-refractivity contribution in [1.82, 2.24) is 4.90 Å². The molecule has 1 aliphatic heterocycles. The molecule has 0 radical (unpaired) electrons. The van der Waals surface area contributed by atoms with E-state index in [-0.39, 0.29) is 12.0 Å². The molecule has 1 aliphatic rings. The summed E-state index contributed by atoms with van der Waals surface area (Å²) in [7, 11) is 4.88. The SMILES string of the molecule is CCN1CC(CN(C)C(=O)c2cc(OC)c(OCc3ccccc3)c(OC)c2)Oc2ccccc21. The first-order valence-electron chi connectivity index (χ1n) is 11.7. The van der Waals surface area contributed by atoms with Crippen LogP contribution in [0.15, 0.2) is 66.7 Å². The van der Waals surface area contributed by atoms with Crippen LogP contribution in [0.5, 0.6) is 23.0 Å². The molecule has 0 aliphatic carbocycles. The first kappa shape index (κ1) is 24.3. The van der Waals surface area contributed by atoms with Gasteiger partial charge < -0.3 is 28.7 Å². The first-order chi connectivity index (χ1) is 17.0. The summed E-state index contributed by atoms with van der Waals surface area (Å²) >= 11 is 0. The molecule has 3 aromatic carbocycles. The van der Waals surface area contributed by atoms with Gasteiger partial charge in [0, 0.05) is 19.2 Å². The fraction of sp³-hybridized carbons (Fsp3) is 0.321. The molecule has 0 saturated carbocycles. The standard InChI is InChI=1S/C28H32N2O5/c1-5-30-18-22(35-24-14-10-9-13-23(24)30)17-29(2)28(31)21-15-25(32-3)27(26(16-21)33-4)34-19-20-11-7-6-8-12-20/h6-16,22H,5,17-19H2,1-4H3. The minimum atomic E-state index is -0.151. The van der Waals surface area contributed by atoms with Crippen molar-refractivity contribution >= 4 is 11.6 Å². The number of hydrogen-bond acceptors (Lipinski definition) is 6. The predicted molar refractivity (Wildman–Crippen MR) is 136 cm³/mol. The van der Waals surface area contributed by atoms with Gasteiger partial charge in [0.2, 0.25) is 5.75 Å². The van der Waals surface area contributed by atoms with E-state index in [0.29, 0.717) is 42.5 Å². The Balaban J connectivity index is 1.49. The molecule has 0 fully saturated rings. The lowest BCUT2D eigenvalue weighted by atomic mass is 10.1. The molecule has 7 nitrogen and oxygen atoms in total. The smallest absolute Gasteiger partial charge is 0.254 e. The van der Waals surface area contributed by atoms with E-state index in [1.807, 2.05) is 48.5 Å². The average molecular weight is 477 g/mol. The van der Waals surface area contributed by atoms with E-state index < -0.39 is 0 Å². The van der Waals surface area contributed by atoms with Crippen molar-refractivity contribution in [2.75, 3.05) is 45.8 Å². The van der Waals surface area contributed by atoms with Gasteiger partial charge in [-0.2, -0.15) is 0 Å². The summed E-state index contributed by atoms with van der Waals surface area (Å²) in [5.41, 5.74) is 2.56. The van der Waals surface area contributed by atoms with Gasteiger partial charge >= 0.3 is 0 Å². The van der Waals surface area contributed by atoms with Crippen LogP contribution in [-0.2, 0) is 6.61 Å². The van der Waals surface area contributed by atoms with Crippen molar-refractivity contribution < 1.29 is 23.7 Å². The zero-order chi connectivity index (χ0) is 24.8. The molecule has 0 N–H and O–H groups in total. The van der Waals surface area contributed by atoms with Crippen LogP contribution in [0.2, 0.25) is 0 Å². The Kier molecular flexibility index (Phi) is 7.65. The lowest BCUT2D eigenvalue weighted by Crippen LogP contribution is -2.46. The van der Waals surface area contributed by atoms with Crippen LogP contribution in [0.3, 0.4) is 0 Å². The van der Waals surface area contributed by atoms with Crippen LogP contribution in [0.4, 0.5) is 5.69 Å². The summed E-state index contributed by atoms with van der Waals surface area (Å²) in [4.78, 5) is 17.3. The van der Waals surface area contributed by atoms with E-state index in [2.05, 4.69) is 17.9 Å². The number of nitrogens with zero attached hydrogens (tertiary/aromatic N) is 2. The summed E-state index contributed by atoms with van der Waals surface area (Å²) in [6.45, 7) is 4.50. The van der Waals surface area contributed by atoms with Crippen LogP contribution in [-0.4, -0.2) is 57.8 Å². The molecule has 1 amide bonds. The molecule has 0 bridgehead atoms. The number of para-hydroxylation sites is 2. The molecule has 0 aromatic heterocycles. The van der Waals surface area contributed by atoms with Crippen molar-refractivity contribution in [3.05, 3.63) is 77.9 Å². The largest absolute Gasteiger partial charge is 0.493 e. The third kappa shape index (κ3) is 5.45. The number of fused-ring (bicyclic) bond motifs is 1. The van der Waals surface area contributed by atoms with Crippen molar-refractivity contribution in [3.8, 4) is 23.0 Å². The molecule has 4 rings (SSSR count). The molecule has 0 spiro atoms. The Labute approximate surface area is 206 Å². The zero-order valence-corrected chi connectivity index (χ0v) is 20.7. The molecule has 0 saturated heterocycles. The monoisotopic (exact) mass is 476 g/mol. The lowest BCUT2D eigenvalue weighted by Gasteiger charge is -2.37. The number of hydrogen-bond donors (Lipinski definition) is 0. The van der Waals surface area contributed by atoms with Crippen molar-refractivity contribution in [2.24, 2.45) is 0 Å². The molecule has 1 unspecified atom stereocenters. The van der Waals surface area contributed by atoms with E-state index >= 15 is 0 Å². The van der Waals surface area contributed by atoms with Crippen molar-refractivity contribution in [3.63, 3.8) is 0 Å². The summed E-state index contributed by atoms with van der Waals surface area (Å²) in [5.74, 6) is 2.04. The quantitative estimate of drug-likeness (QED) is 0.448. The maximum atomic E-state index is 13.3. The lowest BCUT2D eigenvalue weighted by molar-refractivity contribution is 0.0708. The Hall–Kier alpha value is -3.87. The van der Waals surface area contributed by atoms with Crippen molar-refractivity contribution in [1.29, 1.82) is 0 Å². The fourth-order valence-corrected chi connectivity index (χ4v) is 4.26. The maximum Gasteiger partial charge on any atom is 0.254 e. The van der Waals surface area contributed by atoms with Crippen LogP contribution >= 0.6 is 0 Å². The Morgan fingerprint density at radius 2 is 1.69 bits per heavy atom. The molecular formula is C28H32N2O5. The van der Waals surface area contributed by atoms with E-state index in [1.165, 1.54) is 0 Å². The van der Waals surface area contributed by atoms with Gasteiger partial charge in [-0.25, -0.2) is 0 Å². The summed E-state index contributed by atoms with van der Waals surface area (Å²) < 4.78 is 23.3. The van der Waals surface area contributed by atoms with Crippen LogP contribution in [0.25, 0.3) is 0 Å². The predicted octanol–water partition coefficient (Wildman–Crippen LogP) is 4.64. The fourth-order valence-electron chi connectivity index (χ4n) is 4.26. The van der Waals surface area contributed by atoms with Gasteiger partial charge in [-0.15, -0.1) is 0 Å². The Morgan fingerprint density at radius 3 is 2.34 bits per heavy atom. The maximum absolute atomic E-state index is 13.3. The second-order valence-corrected chi connectivity index (χ2v) is 8.42. The number of anilines is 1. The van der Waals surface area contributed by atoms with Gasteiger partial charge in [0.15, 0.2) is 11.5 Å². The molecule has 184 valence electrons. The van der Waals surface area contributed by atoms with Gasteiger partial charge in [-0.1, -0.05) is 42.5 Å². The van der Waals surface area contributed by atoms with Crippen LogP contribution in [0, 0.1) is 0 Å². The zero-order valence-electron chi connectivity index (χ0n) is 20.7. The second kappa shape index (κ2) is 11.0. The summed E-state index contributed by atoms with van der Waals surface area (Å²) in [6.07, 6.45) is -0.143. The molecule has 7 heteroatoms. The average Bonchev–Trinajstić information content (AvgIpc) is 2.90. The minimum absolute atomic E-state index is 0.143. The number of carbonyl (C=O) groups excluding carboxylic acids is 1. The van der Waals surface area contributed by atoms with Gasteiger partial charge in [0.1, 0.15) is 18.5 Å². The van der Waals surface area contributed by atoms with Gasteiger partial charge in [0.25, 0.3) is 5.91 Å². The third-order valence-electron chi connectivity index (χ3n) is 6.06. The number of amides is 1. The molecular weight excluding hydrogens is 444 g/mol. The number of rotatable bonds is 9. The van der Waals surface area contributed by atoms with E-state index in [1.54, 1.807) is 38.3 Å². The normalized spacial score (nSPS) is 14.5. The number of carbonyl (C=O) groups is 1. The van der Waals surface area contributed by atoms with Gasteiger partial charge in [-0.05, 0) is 36.8 Å². The van der Waals surface area contributed by atoms with Crippen molar-refractivity contribution in [2.45, 2.75) is 19.6 Å². The summed E-state index contributed by atoms with van der Waals surface area (Å²) in [6, 6.07) is 21.2.